The number of alkyl halides is 6. The number of rotatable bonds is 14. The van der Waals surface area contributed by atoms with Crippen LogP contribution in [-0.2, 0) is 42.0 Å². The lowest BCUT2D eigenvalue weighted by Gasteiger charge is -2.13. The fourth-order valence-electron chi connectivity index (χ4n) is 6.07. The van der Waals surface area contributed by atoms with Crippen LogP contribution in [0.25, 0.3) is 10.8 Å². The maximum atomic E-state index is 10.7. The summed E-state index contributed by atoms with van der Waals surface area (Å²) in [5.41, 5.74) is -11.3. The number of ether oxygens (including phenoxy) is 2. The highest BCUT2D eigenvalue weighted by atomic mass is 32.2. The van der Waals surface area contributed by atoms with Crippen molar-refractivity contribution < 1.29 is 61.8 Å². The number of halogens is 6. The van der Waals surface area contributed by atoms with Gasteiger partial charge in [-0.2, -0.15) is 26.3 Å². The number of hydrogen-bond donors (Lipinski definition) is 0. The molecule has 6 aromatic carbocycles. The van der Waals surface area contributed by atoms with E-state index in [2.05, 4.69) is 159 Å². The Kier molecular flexibility index (Phi) is 21.8. The van der Waals surface area contributed by atoms with Crippen LogP contribution in [0.2, 0.25) is 0 Å². The van der Waals surface area contributed by atoms with Crippen LogP contribution in [0.3, 0.4) is 0 Å². The fraction of sp³-hybridized carbons (Fsp3) is 0.292. The van der Waals surface area contributed by atoms with Gasteiger partial charge in [0.1, 0.15) is 23.0 Å². The van der Waals surface area contributed by atoms with E-state index in [0.717, 1.165) is 50.4 Å². The third kappa shape index (κ3) is 17.9. The Morgan fingerprint density at radius 2 is 1.00 bits per heavy atom. The van der Waals surface area contributed by atoms with Crippen molar-refractivity contribution in [3.05, 3.63) is 146 Å². The van der Waals surface area contributed by atoms with E-state index < -0.39 is 31.3 Å². The summed E-state index contributed by atoms with van der Waals surface area (Å²) in [5, 5.41) is 2.59. The SMILES string of the molecule is CCCCOc1ccc2c(OCCCC)ccc([S+]3CCCC3)c2c1.O=S(=O)([O-])C(F)(F)F.O=S(=O)([O-])C(F)(F)F.c1ccc(Sc2ccc([S+](c3ccccc3)c3ccccc3)cc2)cc1. The monoisotopic (exact) mass is 1030 g/mol. The normalized spacial score (nSPS) is 13.1. The van der Waals surface area contributed by atoms with Gasteiger partial charge in [-0.3, -0.25) is 0 Å². The molecule has 7 rings (SSSR count). The molecular weight excluding hydrogens is 979 g/mol. The second-order valence-corrected chi connectivity index (χ2v) is 22.6. The standard InChI is InChI=1S/C24H19S2.C22H31O2S.2CHF3O3S/c1-4-10-20(11-5-1)25-21-16-18-24(19-17-21)26(22-12-6-2-7-13-22)23-14-8-3-9-15-23;1-3-5-13-23-18-9-10-19-20(17-18)22(25-15-7-8-16-25)12-11-21(19)24-14-6-4-2;2*2-1(3,4)8(5,6)7/h1-19H;9-12,17H,3-8,13-16H2,1-2H3;2*(H,5,6,7)/q2*+1;;/p-2. The van der Waals surface area contributed by atoms with Crippen molar-refractivity contribution in [1.29, 1.82) is 0 Å². The molecule has 0 N–H and O–H groups in total. The van der Waals surface area contributed by atoms with Gasteiger partial charge in [-0.1, -0.05) is 93.0 Å². The molecule has 0 amide bonds. The van der Waals surface area contributed by atoms with Gasteiger partial charge in [0.2, 0.25) is 0 Å². The van der Waals surface area contributed by atoms with E-state index in [0.29, 0.717) is 10.9 Å². The average Bonchev–Trinajstić information content (AvgIpc) is 3.83. The van der Waals surface area contributed by atoms with Gasteiger partial charge >= 0.3 is 11.0 Å². The first-order chi connectivity index (χ1) is 31.7. The summed E-state index contributed by atoms with van der Waals surface area (Å²) < 4.78 is 130. The van der Waals surface area contributed by atoms with Crippen LogP contribution in [0.5, 0.6) is 11.5 Å². The van der Waals surface area contributed by atoms with Crippen molar-refractivity contribution in [2.45, 2.75) is 92.8 Å². The molecule has 362 valence electrons. The molecule has 0 saturated carbocycles. The van der Waals surface area contributed by atoms with Gasteiger partial charge in [0.25, 0.3) is 0 Å². The largest absolute Gasteiger partial charge is 0.741 e. The summed E-state index contributed by atoms with van der Waals surface area (Å²) in [6.45, 7) is 6.00. The second-order valence-electron chi connectivity index (χ2n) is 14.4. The highest BCUT2D eigenvalue weighted by molar-refractivity contribution is 7.99. The summed E-state index contributed by atoms with van der Waals surface area (Å²) in [6.07, 6.45) is 7.27. The van der Waals surface area contributed by atoms with Crippen molar-refractivity contribution in [2.24, 2.45) is 0 Å². The number of hydrogen-bond acceptors (Lipinski definition) is 9. The second kappa shape index (κ2) is 26.4. The quantitative estimate of drug-likeness (QED) is 0.0344. The van der Waals surface area contributed by atoms with E-state index in [9.17, 15) is 26.3 Å². The third-order valence-electron chi connectivity index (χ3n) is 9.34. The Morgan fingerprint density at radius 3 is 1.46 bits per heavy atom. The molecule has 1 saturated heterocycles. The molecule has 67 heavy (non-hydrogen) atoms. The fourth-order valence-corrected chi connectivity index (χ4v) is 11.5. The first kappa shape index (κ1) is 55.2. The lowest BCUT2D eigenvalue weighted by Crippen LogP contribution is -2.21. The van der Waals surface area contributed by atoms with Gasteiger partial charge in [-0.05, 0) is 117 Å². The minimum Gasteiger partial charge on any atom is -0.741 e. The van der Waals surface area contributed by atoms with E-state index >= 15 is 0 Å². The zero-order valence-corrected chi connectivity index (χ0v) is 40.6. The van der Waals surface area contributed by atoms with Crippen LogP contribution in [0.4, 0.5) is 26.3 Å². The number of fused-ring (bicyclic) bond motifs is 1. The summed E-state index contributed by atoms with van der Waals surface area (Å²) in [6, 6.07) is 52.1. The molecule has 1 heterocycles. The molecule has 0 bridgehead atoms. The molecule has 19 heteroatoms. The molecule has 0 atom stereocenters. The highest BCUT2D eigenvalue weighted by Gasteiger charge is 2.37. The predicted molar refractivity (Wildman–Crippen MR) is 253 cm³/mol. The predicted octanol–water partition coefficient (Wildman–Crippen LogP) is 13.0. The Morgan fingerprint density at radius 1 is 0.567 bits per heavy atom. The van der Waals surface area contributed by atoms with Crippen molar-refractivity contribution in [1.82, 2.24) is 0 Å². The van der Waals surface area contributed by atoms with Gasteiger partial charge in [-0.25, -0.2) is 16.8 Å². The first-order valence-corrected chi connectivity index (χ1v) is 27.4. The smallest absolute Gasteiger partial charge is 0.485 e. The Labute approximate surface area is 398 Å². The number of benzene rings is 6. The van der Waals surface area contributed by atoms with Gasteiger partial charge in [-0.15, -0.1) is 0 Å². The summed E-state index contributed by atoms with van der Waals surface area (Å²) in [7, 11) is -11.9. The number of unbranched alkanes of at least 4 members (excludes halogenated alkanes) is 2. The van der Waals surface area contributed by atoms with Crippen LogP contribution in [0.1, 0.15) is 52.4 Å². The van der Waals surface area contributed by atoms with E-state index in [4.69, 9.17) is 35.4 Å². The highest BCUT2D eigenvalue weighted by Crippen LogP contribution is 2.38. The Bertz CT molecular complexity index is 2540. The lowest BCUT2D eigenvalue weighted by atomic mass is 10.1. The molecule has 1 aliphatic heterocycles. The molecule has 0 aromatic heterocycles. The molecule has 1 aliphatic rings. The zero-order chi connectivity index (χ0) is 49.1. The average molecular weight is 1030 g/mol. The summed E-state index contributed by atoms with van der Waals surface area (Å²) in [5.74, 6) is 4.70. The molecule has 0 aliphatic carbocycles. The molecule has 6 aromatic rings. The van der Waals surface area contributed by atoms with E-state index in [-0.39, 0.29) is 10.9 Å². The van der Waals surface area contributed by atoms with E-state index in [1.807, 2.05) is 0 Å². The minimum atomic E-state index is -6.09. The van der Waals surface area contributed by atoms with E-state index in [1.54, 1.807) is 11.8 Å². The summed E-state index contributed by atoms with van der Waals surface area (Å²) in [4.78, 5) is 8.09. The van der Waals surface area contributed by atoms with Crippen LogP contribution >= 0.6 is 11.8 Å². The van der Waals surface area contributed by atoms with Crippen LogP contribution in [0, 0.1) is 0 Å². The Hall–Kier alpha value is -4.37. The topological polar surface area (TPSA) is 133 Å². The summed E-state index contributed by atoms with van der Waals surface area (Å²) >= 11 is 1.80. The molecule has 0 radical (unpaired) electrons. The van der Waals surface area contributed by atoms with Crippen LogP contribution in [-0.4, -0.2) is 61.7 Å². The minimum absolute atomic E-state index is 0.0786. The molecule has 8 nitrogen and oxygen atoms in total. The zero-order valence-electron chi connectivity index (χ0n) is 36.5. The van der Waals surface area contributed by atoms with Crippen molar-refractivity contribution in [2.75, 3.05) is 24.7 Å². The third-order valence-corrected chi connectivity index (χ3v) is 16.3. The molecular formula is C48H50F6O8S5. The van der Waals surface area contributed by atoms with E-state index in [1.165, 1.54) is 64.5 Å². The van der Waals surface area contributed by atoms with Crippen molar-refractivity contribution in [3.8, 4) is 11.5 Å². The van der Waals surface area contributed by atoms with Gasteiger partial charge < -0.3 is 18.6 Å². The molecule has 1 fully saturated rings. The van der Waals surface area contributed by atoms with Gasteiger partial charge in [0.15, 0.2) is 39.8 Å². The first-order valence-electron chi connectivity index (χ1n) is 20.9. The maximum Gasteiger partial charge on any atom is 0.485 e. The molecule has 0 spiro atoms. The van der Waals surface area contributed by atoms with Crippen molar-refractivity contribution in [3.63, 3.8) is 0 Å². The van der Waals surface area contributed by atoms with Crippen LogP contribution in [0.15, 0.2) is 175 Å². The van der Waals surface area contributed by atoms with Crippen molar-refractivity contribution >= 4 is 64.6 Å². The van der Waals surface area contributed by atoms with Gasteiger partial charge in [0.05, 0.1) is 24.1 Å². The van der Waals surface area contributed by atoms with Crippen LogP contribution < -0.4 is 9.47 Å². The Balaban J connectivity index is 0.000000222. The maximum absolute atomic E-state index is 10.7. The lowest BCUT2D eigenvalue weighted by molar-refractivity contribution is -0.0522. The molecule has 0 unspecified atom stereocenters. The van der Waals surface area contributed by atoms with Gasteiger partial charge in [0, 0.05) is 31.5 Å².